The second-order valence-corrected chi connectivity index (χ2v) is 10.2. The third-order valence-electron chi connectivity index (χ3n) is 3.32. The number of allylic oxidation sites excluding steroid dienone is 1. The molecule has 1 aliphatic heterocycles. The first kappa shape index (κ1) is 20.1. The summed E-state index contributed by atoms with van der Waals surface area (Å²) in [6, 6.07) is 4.84. The van der Waals surface area contributed by atoms with Crippen LogP contribution in [-0.4, -0.2) is 19.4 Å². The fourth-order valence-electron chi connectivity index (χ4n) is 2.40. The monoisotopic (exact) mass is 408 g/mol. The Hall–Kier alpha value is -1.20. The molecule has 1 aliphatic rings. The third-order valence-corrected chi connectivity index (χ3v) is 8.09. The van der Waals surface area contributed by atoms with E-state index in [4.69, 9.17) is 0 Å². The van der Waals surface area contributed by atoms with Crippen molar-refractivity contribution in [1.29, 1.82) is 0 Å². The van der Waals surface area contributed by atoms with Crippen LogP contribution < -0.4 is 0 Å². The first-order valence-electron chi connectivity index (χ1n) is 6.94. The van der Waals surface area contributed by atoms with Gasteiger partial charge in [-0.1, -0.05) is 32.0 Å². The van der Waals surface area contributed by atoms with Gasteiger partial charge in [0.25, 0.3) is 0 Å². The van der Waals surface area contributed by atoms with E-state index in [1.165, 1.54) is 18.2 Å². The zero-order valence-electron chi connectivity index (χ0n) is 13.0. The Morgan fingerprint density at radius 1 is 1.08 bits per heavy atom. The largest absolute Gasteiger partial charge is 0.523 e. The van der Waals surface area contributed by atoms with Crippen molar-refractivity contribution < 1.29 is 38.4 Å². The van der Waals surface area contributed by atoms with Crippen LogP contribution in [0.25, 0.3) is 6.08 Å². The summed E-state index contributed by atoms with van der Waals surface area (Å²) in [5.74, 6) is -0.355. The minimum atomic E-state index is -6.46. The minimum Gasteiger partial charge on any atom is -0.196 e. The average molecular weight is 408 g/mol. The lowest BCUT2D eigenvalue weighted by molar-refractivity contribution is -0.0546. The van der Waals surface area contributed by atoms with Gasteiger partial charge in [-0.25, -0.2) is 0 Å². The number of hydrogen-bond acceptors (Lipinski definition) is 3. The van der Waals surface area contributed by atoms with Crippen LogP contribution >= 0.6 is 10.3 Å². The van der Waals surface area contributed by atoms with E-state index in [0.29, 0.717) is 0 Å². The molecule has 0 amide bonds. The Bertz CT molecular complexity index is 796. The second-order valence-electron chi connectivity index (χ2n) is 5.72. The topological polar surface area (TPSA) is 43.4 Å². The predicted molar refractivity (Wildman–Crippen MR) is 81.8 cm³/mol. The van der Waals surface area contributed by atoms with E-state index in [0.717, 1.165) is 12.1 Å². The van der Waals surface area contributed by atoms with Crippen LogP contribution in [0.3, 0.4) is 0 Å². The highest BCUT2D eigenvalue weighted by Crippen LogP contribution is 2.78. The average Bonchev–Trinajstić information content (AvgIpc) is 2.71. The molecular weight excluding hydrogens is 394 g/mol. The van der Waals surface area contributed by atoms with E-state index in [9.17, 15) is 34.8 Å². The molecular formula is C14H14F6O3S2. The van der Waals surface area contributed by atoms with Gasteiger partial charge in [-0.05, 0) is 30.0 Å². The first-order chi connectivity index (χ1) is 11.2. The summed E-state index contributed by atoms with van der Waals surface area (Å²) in [5.41, 5.74) is -11.3. The zero-order valence-corrected chi connectivity index (χ0v) is 14.6. The highest BCUT2D eigenvalue weighted by molar-refractivity contribution is 8.37. The molecule has 0 saturated carbocycles. The Kier molecular flexibility index (Phi) is 4.99. The molecule has 0 bridgehead atoms. The Labute approximate surface area is 142 Å². The molecule has 1 aromatic rings. The molecule has 11 heteroatoms. The van der Waals surface area contributed by atoms with E-state index < -0.39 is 41.2 Å². The Morgan fingerprint density at radius 3 is 2.12 bits per heavy atom. The number of rotatable bonds is 4. The molecule has 0 aromatic heterocycles. The van der Waals surface area contributed by atoms with Gasteiger partial charge in [0.2, 0.25) is 0 Å². The Morgan fingerprint density at radius 2 is 1.64 bits per heavy atom. The molecule has 0 saturated heterocycles. The van der Waals surface area contributed by atoms with Crippen molar-refractivity contribution in [3.05, 3.63) is 34.7 Å². The van der Waals surface area contributed by atoms with Crippen molar-refractivity contribution in [2.75, 3.05) is 0 Å². The van der Waals surface area contributed by atoms with E-state index >= 15 is 0 Å². The first-order valence-corrected chi connectivity index (χ1v) is 9.90. The van der Waals surface area contributed by atoms with Crippen LogP contribution in [0.5, 0.6) is 0 Å². The maximum absolute atomic E-state index is 14.0. The molecule has 2 rings (SSSR count). The fourth-order valence-corrected chi connectivity index (χ4v) is 7.16. The Balaban J connectivity index is 2.75. The van der Waals surface area contributed by atoms with Gasteiger partial charge < -0.3 is 0 Å². The normalized spacial score (nSPS) is 24.0. The molecule has 1 atom stereocenters. The van der Waals surface area contributed by atoms with Gasteiger partial charge in [0.05, 0.1) is 0 Å². The quantitative estimate of drug-likeness (QED) is 0.485. The van der Waals surface area contributed by atoms with Gasteiger partial charge in [0.1, 0.15) is 0 Å². The molecule has 3 nitrogen and oxygen atoms in total. The number of fused-ring (bicyclic) bond motifs is 1. The van der Waals surface area contributed by atoms with Crippen LogP contribution in [0.4, 0.5) is 26.3 Å². The highest BCUT2D eigenvalue weighted by atomic mass is 32.3. The van der Waals surface area contributed by atoms with Gasteiger partial charge in [0, 0.05) is 20.1 Å². The summed E-state index contributed by atoms with van der Waals surface area (Å²) in [6.07, 6.45) is 0.820. The molecule has 1 aromatic carbocycles. The van der Waals surface area contributed by atoms with Gasteiger partial charge in [-0.15, -0.1) is 0 Å². The molecule has 0 radical (unpaired) electrons. The maximum Gasteiger partial charge on any atom is 0.523 e. The van der Waals surface area contributed by atoms with Crippen molar-refractivity contribution in [3.63, 3.8) is 0 Å². The van der Waals surface area contributed by atoms with Crippen LogP contribution in [0, 0.1) is 5.92 Å². The lowest BCUT2D eigenvalue weighted by atomic mass is 10.1. The molecule has 0 fully saturated rings. The maximum atomic E-state index is 14.0. The van der Waals surface area contributed by atoms with Gasteiger partial charge in [-0.3, -0.25) is 0 Å². The summed E-state index contributed by atoms with van der Waals surface area (Å²) >= 11 is 0. The van der Waals surface area contributed by atoms with E-state index in [1.807, 2.05) is 0 Å². The highest BCUT2D eigenvalue weighted by Gasteiger charge is 2.63. The van der Waals surface area contributed by atoms with E-state index in [2.05, 4.69) is 3.63 Å². The molecule has 142 valence electrons. The summed E-state index contributed by atoms with van der Waals surface area (Å²) < 4.78 is 107. The number of hydrogen-bond donors (Lipinski definition) is 0. The van der Waals surface area contributed by atoms with Crippen LogP contribution in [0.15, 0.2) is 34.1 Å². The molecule has 0 spiro atoms. The van der Waals surface area contributed by atoms with Crippen LogP contribution in [-0.2, 0) is 13.7 Å². The second kappa shape index (κ2) is 6.20. The predicted octanol–water partition coefficient (Wildman–Crippen LogP) is 5.55. The SMILES string of the molecule is CC(C)CC1=Cc2ccccc2S1(OS(=O)(=O)C(F)(F)F)C(F)(F)F. The fraction of sp³-hybridized carbons (Fsp3) is 0.429. The number of benzene rings is 1. The molecule has 1 heterocycles. The summed E-state index contributed by atoms with van der Waals surface area (Å²) in [4.78, 5) is -1.09. The lowest BCUT2D eigenvalue weighted by Crippen LogP contribution is -2.32. The number of alkyl halides is 6. The van der Waals surface area contributed by atoms with Gasteiger partial charge in [0.15, 0.2) is 0 Å². The van der Waals surface area contributed by atoms with Crippen molar-refractivity contribution in [3.8, 4) is 0 Å². The van der Waals surface area contributed by atoms with Crippen molar-refractivity contribution >= 4 is 26.5 Å². The van der Waals surface area contributed by atoms with Crippen molar-refractivity contribution in [1.82, 2.24) is 0 Å². The summed E-state index contributed by atoms with van der Waals surface area (Å²) in [5, 5.41) is 0. The van der Waals surface area contributed by atoms with Gasteiger partial charge >= 0.3 is 21.1 Å². The lowest BCUT2D eigenvalue weighted by Gasteiger charge is -2.39. The molecule has 1 unspecified atom stereocenters. The standard InChI is InChI=1S/C14H14F6O3S2/c1-9(2)7-11-8-10-5-3-4-6-12(10)24(11,13(15,16)17)23-25(21,22)14(18,19)20/h3-6,8-9H,7H2,1-2H3. The van der Waals surface area contributed by atoms with Crippen LogP contribution in [0.1, 0.15) is 25.8 Å². The van der Waals surface area contributed by atoms with Crippen molar-refractivity contribution in [2.24, 2.45) is 5.92 Å². The van der Waals surface area contributed by atoms with Gasteiger partial charge in [-0.2, -0.15) is 38.4 Å². The van der Waals surface area contributed by atoms with E-state index in [-0.39, 0.29) is 17.9 Å². The van der Waals surface area contributed by atoms with Crippen LogP contribution in [0.2, 0.25) is 0 Å². The van der Waals surface area contributed by atoms with E-state index in [1.54, 1.807) is 13.8 Å². The molecule has 0 N–H and O–H groups in total. The zero-order chi connectivity index (χ0) is 19.3. The minimum absolute atomic E-state index is 0.00264. The summed E-state index contributed by atoms with van der Waals surface area (Å²) in [6.45, 7) is 3.14. The number of halogens is 6. The smallest absolute Gasteiger partial charge is 0.196 e. The van der Waals surface area contributed by atoms with Crippen molar-refractivity contribution in [2.45, 2.75) is 36.2 Å². The summed E-state index contributed by atoms with van der Waals surface area (Å²) in [7, 11) is -11.3. The molecule has 25 heavy (non-hydrogen) atoms. The third kappa shape index (κ3) is 3.41. The molecule has 0 aliphatic carbocycles.